The minimum Gasteiger partial charge on any atom is -0.497 e. The number of carbonyl (C=O) groups excluding carboxylic acids is 1. The molecule has 0 saturated carbocycles. The molecule has 1 unspecified atom stereocenters. The number of carbonyl (C=O) groups is 1. The van der Waals surface area contributed by atoms with Gasteiger partial charge in [-0.15, -0.1) is 10.2 Å². The van der Waals surface area contributed by atoms with Crippen molar-refractivity contribution in [3.8, 4) is 17.2 Å². The quantitative estimate of drug-likeness (QED) is 0.722. The van der Waals surface area contributed by atoms with Gasteiger partial charge in [0.1, 0.15) is 5.75 Å². The molecule has 1 aromatic heterocycles. The second kappa shape index (κ2) is 7.00. The smallest absolute Gasteiger partial charge is 0.253 e. The molecule has 26 heavy (non-hydrogen) atoms. The maximum Gasteiger partial charge on any atom is 0.253 e. The molecule has 1 fully saturated rings. The first-order valence-corrected chi connectivity index (χ1v) is 8.57. The largest absolute Gasteiger partial charge is 0.497 e. The molecule has 0 spiro atoms. The van der Waals surface area contributed by atoms with E-state index < -0.39 is 0 Å². The van der Waals surface area contributed by atoms with E-state index in [0.717, 1.165) is 17.7 Å². The molecule has 1 amide bonds. The summed E-state index contributed by atoms with van der Waals surface area (Å²) in [4.78, 5) is 14.4. The van der Waals surface area contributed by atoms with Crippen LogP contribution in [0.15, 0.2) is 59.0 Å². The minimum atomic E-state index is 0.0444. The van der Waals surface area contributed by atoms with Crippen molar-refractivity contribution < 1.29 is 13.9 Å². The summed E-state index contributed by atoms with van der Waals surface area (Å²) in [6.07, 6.45) is 0.822. The fraction of sp³-hybridized carbons (Fsp3) is 0.250. The summed E-state index contributed by atoms with van der Waals surface area (Å²) in [5, 5.41) is 8.35. The van der Waals surface area contributed by atoms with Gasteiger partial charge in [-0.05, 0) is 42.8 Å². The van der Waals surface area contributed by atoms with Crippen LogP contribution in [0.1, 0.15) is 28.6 Å². The first-order chi connectivity index (χ1) is 12.7. The molecule has 0 radical (unpaired) electrons. The maximum atomic E-state index is 12.6. The van der Waals surface area contributed by atoms with Crippen molar-refractivity contribution in [2.45, 2.75) is 12.3 Å². The summed E-state index contributed by atoms with van der Waals surface area (Å²) >= 11 is 0. The molecule has 6 nitrogen and oxygen atoms in total. The second-order valence-electron chi connectivity index (χ2n) is 6.28. The predicted octanol–water partition coefficient (Wildman–Crippen LogP) is 3.37. The van der Waals surface area contributed by atoms with Crippen LogP contribution in [0.5, 0.6) is 5.75 Å². The van der Waals surface area contributed by atoms with Gasteiger partial charge in [0.15, 0.2) is 0 Å². The van der Waals surface area contributed by atoms with Crippen LogP contribution in [-0.4, -0.2) is 41.2 Å². The third-order valence-electron chi connectivity index (χ3n) is 4.62. The van der Waals surface area contributed by atoms with E-state index in [9.17, 15) is 4.79 Å². The molecule has 132 valence electrons. The number of hydrogen-bond donors (Lipinski definition) is 0. The van der Waals surface area contributed by atoms with E-state index in [-0.39, 0.29) is 11.8 Å². The zero-order valence-electron chi connectivity index (χ0n) is 14.5. The molecule has 1 aliphatic rings. The molecule has 3 aromatic rings. The number of ether oxygens (including phenoxy) is 1. The number of aromatic nitrogens is 2. The van der Waals surface area contributed by atoms with Gasteiger partial charge in [-0.1, -0.05) is 18.2 Å². The number of nitrogens with zero attached hydrogens (tertiary/aromatic N) is 3. The Kier molecular flexibility index (Phi) is 4.39. The van der Waals surface area contributed by atoms with Crippen LogP contribution < -0.4 is 4.74 Å². The lowest BCUT2D eigenvalue weighted by Gasteiger charge is -2.15. The lowest BCUT2D eigenvalue weighted by molar-refractivity contribution is 0.0790. The molecule has 0 N–H and O–H groups in total. The normalized spacial score (nSPS) is 16.7. The Bertz CT molecular complexity index is 890. The van der Waals surface area contributed by atoms with Gasteiger partial charge in [-0.3, -0.25) is 4.79 Å². The zero-order chi connectivity index (χ0) is 17.9. The van der Waals surface area contributed by atoms with Crippen molar-refractivity contribution >= 4 is 5.91 Å². The highest BCUT2D eigenvalue weighted by atomic mass is 16.5. The highest BCUT2D eigenvalue weighted by molar-refractivity contribution is 5.94. The molecule has 6 heteroatoms. The minimum absolute atomic E-state index is 0.0444. The van der Waals surface area contributed by atoms with E-state index in [1.165, 1.54) is 0 Å². The summed E-state index contributed by atoms with van der Waals surface area (Å²) in [5.74, 6) is 1.96. The van der Waals surface area contributed by atoms with Crippen LogP contribution in [0.4, 0.5) is 0 Å². The summed E-state index contributed by atoms with van der Waals surface area (Å²) in [5.41, 5.74) is 1.55. The number of hydrogen-bond acceptors (Lipinski definition) is 5. The third-order valence-corrected chi connectivity index (χ3v) is 4.62. The zero-order valence-corrected chi connectivity index (χ0v) is 14.5. The number of methoxy groups -OCH3 is 1. The van der Waals surface area contributed by atoms with Crippen molar-refractivity contribution in [2.24, 2.45) is 0 Å². The van der Waals surface area contributed by atoms with Crippen LogP contribution in [-0.2, 0) is 0 Å². The Morgan fingerprint density at radius 3 is 2.62 bits per heavy atom. The van der Waals surface area contributed by atoms with Gasteiger partial charge in [0.05, 0.1) is 13.0 Å². The summed E-state index contributed by atoms with van der Waals surface area (Å²) in [7, 11) is 1.63. The Balaban J connectivity index is 1.46. The van der Waals surface area contributed by atoms with Crippen LogP contribution in [0.25, 0.3) is 11.5 Å². The molecule has 2 heterocycles. The molecule has 0 bridgehead atoms. The summed E-state index contributed by atoms with van der Waals surface area (Å²) in [6.45, 7) is 1.29. The van der Waals surface area contributed by atoms with Crippen molar-refractivity contribution in [3.63, 3.8) is 0 Å². The molecule has 1 atom stereocenters. The number of likely N-dealkylation sites (tertiary alicyclic amines) is 1. The van der Waals surface area contributed by atoms with E-state index >= 15 is 0 Å². The van der Waals surface area contributed by atoms with Gasteiger partial charge in [-0.2, -0.15) is 0 Å². The van der Waals surface area contributed by atoms with Gasteiger partial charge in [0, 0.05) is 24.2 Å². The topological polar surface area (TPSA) is 68.5 Å². The molecule has 1 saturated heterocycles. The Morgan fingerprint density at radius 1 is 1.12 bits per heavy atom. The average molecular weight is 349 g/mol. The Hall–Kier alpha value is -3.15. The van der Waals surface area contributed by atoms with Gasteiger partial charge in [0.25, 0.3) is 5.91 Å². The van der Waals surface area contributed by atoms with Crippen molar-refractivity contribution in [1.29, 1.82) is 0 Å². The van der Waals surface area contributed by atoms with Crippen LogP contribution in [0.2, 0.25) is 0 Å². The van der Waals surface area contributed by atoms with E-state index in [0.29, 0.717) is 30.4 Å². The first kappa shape index (κ1) is 16.3. The van der Waals surface area contributed by atoms with Crippen molar-refractivity contribution in [3.05, 3.63) is 66.1 Å². The molecule has 2 aromatic carbocycles. The summed E-state index contributed by atoms with van der Waals surface area (Å²) < 4.78 is 11.0. The van der Waals surface area contributed by atoms with Gasteiger partial charge < -0.3 is 14.1 Å². The van der Waals surface area contributed by atoms with Crippen molar-refractivity contribution in [1.82, 2.24) is 15.1 Å². The second-order valence-corrected chi connectivity index (χ2v) is 6.28. The molecule has 4 rings (SSSR count). The molecular formula is C20H19N3O3. The highest BCUT2D eigenvalue weighted by Gasteiger charge is 2.31. The highest BCUT2D eigenvalue weighted by Crippen LogP contribution is 2.30. The average Bonchev–Trinajstić information content (AvgIpc) is 3.38. The molecular weight excluding hydrogens is 330 g/mol. The van der Waals surface area contributed by atoms with E-state index in [2.05, 4.69) is 10.2 Å². The number of rotatable bonds is 4. The lowest BCUT2D eigenvalue weighted by atomic mass is 10.1. The fourth-order valence-electron chi connectivity index (χ4n) is 3.16. The predicted molar refractivity (Wildman–Crippen MR) is 96.0 cm³/mol. The monoisotopic (exact) mass is 349 g/mol. The van der Waals surface area contributed by atoms with E-state index in [1.807, 2.05) is 59.5 Å². The fourth-order valence-corrected chi connectivity index (χ4v) is 3.16. The standard InChI is InChI=1S/C20H19N3O3/c1-25-17-9-7-14(8-10-17)18-21-22-19(26-18)16-11-12-23(13-16)20(24)15-5-3-2-4-6-15/h2-10,16H,11-13H2,1H3. The molecule has 1 aliphatic heterocycles. The Morgan fingerprint density at radius 2 is 1.88 bits per heavy atom. The third kappa shape index (κ3) is 3.18. The van der Waals surface area contributed by atoms with E-state index in [1.54, 1.807) is 7.11 Å². The summed E-state index contributed by atoms with van der Waals surface area (Å²) in [6, 6.07) is 16.8. The lowest BCUT2D eigenvalue weighted by Crippen LogP contribution is -2.28. The number of amides is 1. The van der Waals surface area contributed by atoms with Gasteiger partial charge in [0.2, 0.25) is 11.8 Å². The maximum absolute atomic E-state index is 12.6. The first-order valence-electron chi connectivity index (χ1n) is 8.57. The SMILES string of the molecule is COc1ccc(-c2nnc(C3CCN(C(=O)c4ccccc4)C3)o2)cc1. The van der Waals surface area contributed by atoms with E-state index in [4.69, 9.17) is 9.15 Å². The number of benzene rings is 2. The molecule has 0 aliphatic carbocycles. The van der Waals surface area contributed by atoms with Crippen molar-refractivity contribution in [2.75, 3.05) is 20.2 Å². The van der Waals surface area contributed by atoms with Crippen LogP contribution >= 0.6 is 0 Å². The van der Waals surface area contributed by atoms with Gasteiger partial charge >= 0.3 is 0 Å². The Labute approximate surface area is 151 Å². The van der Waals surface area contributed by atoms with Crippen LogP contribution in [0.3, 0.4) is 0 Å². The van der Waals surface area contributed by atoms with Crippen LogP contribution in [0, 0.1) is 0 Å². The van der Waals surface area contributed by atoms with Gasteiger partial charge in [-0.25, -0.2) is 0 Å².